The van der Waals surface area contributed by atoms with Gasteiger partial charge in [0.25, 0.3) is 0 Å². The molecule has 0 radical (unpaired) electrons. The van der Waals surface area contributed by atoms with Gasteiger partial charge in [0.1, 0.15) is 22.3 Å². The van der Waals surface area contributed by atoms with Gasteiger partial charge in [-0.25, -0.2) is 0 Å². The van der Waals surface area contributed by atoms with Crippen molar-refractivity contribution in [1.82, 2.24) is 9.13 Å². The van der Waals surface area contributed by atoms with Gasteiger partial charge in [-0.1, -0.05) is 103 Å². The first-order chi connectivity index (χ1) is 28.7. The molecular weight excluding hydrogens is 709 g/mol. The Morgan fingerprint density at radius 1 is 0.241 bits per heavy atom. The predicted molar refractivity (Wildman–Crippen MR) is 241 cm³/mol. The summed E-state index contributed by atoms with van der Waals surface area (Å²) < 4.78 is 17.2. The van der Waals surface area contributed by atoms with Crippen molar-refractivity contribution in [2.75, 3.05) is 0 Å². The summed E-state index contributed by atoms with van der Waals surface area (Å²) in [4.78, 5) is 0. The average Bonchev–Trinajstić information content (AvgIpc) is 4.03. The number of para-hydroxylation sites is 3. The zero-order valence-electron chi connectivity index (χ0n) is 31.2. The monoisotopic (exact) mass is 740 g/mol. The molecule has 0 spiro atoms. The summed E-state index contributed by atoms with van der Waals surface area (Å²) in [7, 11) is 0. The Kier molecular flexibility index (Phi) is 6.41. The van der Waals surface area contributed by atoms with Crippen molar-refractivity contribution in [3.63, 3.8) is 0 Å². The Morgan fingerprint density at radius 3 is 1.17 bits per heavy atom. The van der Waals surface area contributed by atoms with E-state index in [0.29, 0.717) is 0 Å². The van der Waals surface area contributed by atoms with Crippen LogP contribution in [0, 0.1) is 0 Å². The average molecular weight is 741 g/mol. The number of rotatable bonds is 4. The second-order valence-electron chi connectivity index (χ2n) is 15.3. The minimum atomic E-state index is 0.895. The molecule has 0 unspecified atom stereocenters. The highest BCUT2D eigenvalue weighted by Crippen LogP contribution is 2.41. The Balaban J connectivity index is 1.01. The lowest BCUT2D eigenvalue weighted by atomic mass is 9.99. The fourth-order valence-electron chi connectivity index (χ4n) is 9.43. The number of fused-ring (bicyclic) bond motifs is 12. The Bertz CT molecular complexity index is 3800. The number of benzene rings is 9. The molecule has 270 valence electrons. The molecule has 0 fully saturated rings. The first-order valence-corrected chi connectivity index (χ1v) is 19.7. The number of furan rings is 2. The van der Waals surface area contributed by atoms with Crippen LogP contribution in [-0.4, -0.2) is 9.13 Å². The molecule has 0 N–H and O–H groups in total. The van der Waals surface area contributed by atoms with Crippen molar-refractivity contribution < 1.29 is 8.83 Å². The molecule has 0 saturated carbocycles. The van der Waals surface area contributed by atoms with Crippen LogP contribution in [0.2, 0.25) is 0 Å². The summed E-state index contributed by atoms with van der Waals surface area (Å²) in [6.45, 7) is 0. The minimum Gasteiger partial charge on any atom is -0.456 e. The van der Waals surface area contributed by atoms with Gasteiger partial charge in [0.05, 0.1) is 22.1 Å². The van der Waals surface area contributed by atoms with Gasteiger partial charge >= 0.3 is 0 Å². The number of nitrogens with zero attached hydrogens (tertiary/aromatic N) is 2. The molecule has 0 saturated heterocycles. The van der Waals surface area contributed by atoms with Gasteiger partial charge in [-0.2, -0.15) is 0 Å². The van der Waals surface area contributed by atoms with Gasteiger partial charge in [-0.05, 0) is 113 Å². The van der Waals surface area contributed by atoms with Crippen molar-refractivity contribution in [1.29, 1.82) is 0 Å². The first-order valence-electron chi connectivity index (χ1n) is 19.7. The molecule has 13 aromatic rings. The maximum atomic E-state index is 6.23. The van der Waals surface area contributed by atoms with Crippen LogP contribution in [0.15, 0.2) is 203 Å². The van der Waals surface area contributed by atoms with E-state index in [2.05, 4.69) is 179 Å². The van der Waals surface area contributed by atoms with E-state index < -0.39 is 0 Å². The molecule has 13 rings (SSSR count). The molecule has 0 aliphatic rings. The molecule has 58 heavy (non-hydrogen) atoms. The van der Waals surface area contributed by atoms with Crippen LogP contribution in [-0.2, 0) is 0 Å². The summed E-state index contributed by atoms with van der Waals surface area (Å²) in [6.07, 6.45) is 0. The number of aromatic nitrogens is 2. The molecule has 4 aromatic heterocycles. The summed E-state index contributed by atoms with van der Waals surface area (Å²) >= 11 is 0. The van der Waals surface area contributed by atoms with E-state index in [1.54, 1.807) is 0 Å². The van der Waals surface area contributed by atoms with Gasteiger partial charge in [0, 0.05) is 54.5 Å². The quantitative estimate of drug-likeness (QED) is 0.180. The van der Waals surface area contributed by atoms with E-state index >= 15 is 0 Å². The van der Waals surface area contributed by atoms with E-state index in [1.807, 2.05) is 24.3 Å². The van der Waals surface area contributed by atoms with Gasteiger partial charge < -0.3 is 18.0 Å². The number of hydrogen-bond acceptors (Lipinski definition) is 2. The van der Waals surface area contributed by atoms with Crippen molar-refractivity contribution >= 4 is 87.5 Å². The standard InChI is InChI=1S/C54H32N2O2/c1-2-10-33(11-3-1)34-18-23-49-43(28-34)44-30-36(20-25-50(44)56(49)38-22-27-54-46(32-38)41-14-6-9-17-52(41)58-54)35-19-24-48-42(29-35)39-12-4-7-15-47(39)55(48)37-21-26-53-45(31-37)40-13-5-8-16-51(40)57-53/h1-32H. The lowest BCUT2D eigenvalue weighted by molar-refractivity contribution is 0.668. The third kappa shape index (κ3) is 4.51. The van der Waals surface area contributed by atoms with E-state index in [4.69, 9.17) is 8.83 Å². The first kappa shape index (κ1) is 31.4. The summed E-state index contributed by atoms with van der Waals surface area (Å²) in [5, 5.41) is 9.37. The molecule has 0 bridgehead atoms. The van der Waals surface area contributed by atoms with Gasteiger partial charge in [0.2, 0.25) is 0 Å². The summed E-state index contributed by atoms with van der Waals surface area (Å²) in [5.41, 5.74) is 15.3. The van der Waals surface area contributed by atoms with Crippen LogP contribution >= 0.6 is 0 Å². The van der Waals surface area contributed by atoms with Crippen LogP contribution in [0.5, 0.6) is 0 Å². The molecule has 4 heterocycles. The molecule has 9 aromatic carbocycles. The molecule has 4 nitrogen and oxygen atoms in total. The Labute approximate surface area is 332 Å². The minimum absolute atomic E-state index is 0.895. The normalized spacial score (nSPS) is 12.1. The van der Waals surface area contributed by atoms with Crippen molar-refractivity contribution in [2.45, 2.75) is 0 Å². The summed E-state index contributed by atoms with van der Waals surface area (Å²) in [5.74, 6) is 0. The molecular formula is C54H32N2O2. The molecule has 0 aliphatic carbocycles. The molecule has 4 heteroatoms. The molecule has 0 atom stereocenters. The highest BCUT2D eigenvalue weighted by atomic mass is 16.3. The lowest BCUT2D eigenvalue weighted by Gasteiger charge is -2.10. The fraction of sp³-hybridized carbons (Fsp3) is 0. The highest BCUT2D eigenvalue weighted by molar-refractivity contribution is 6.14. The SMILES string of the molecule is c1ccc(-c2ccc3c(c2)c2cc(-c4ccc5c(c4)c4ccccc4n5-c4ccc5oc6ccccc6c5c4)ccc2n3-c2ccc3oc4ccccc4c3c2)cc1. The third-order valence-electron chi connectivity index (χ3n) is 12.1. The van der Waals surface area contributed by atoms with Gasteiger partial charge in [-0.3, -0.25) is 0 Å². The van der Waals surface area contributed by atoms with E-state index in [1.165, 1.54) is 60.3 Å². The third-order valence-corrected chi connectivity index (χ3v) is 12.1. The fourth-order valence-corrected chi connectivity index (χ4v) is 9.43. The van der Waals surface area contributed by atoms with Crippen LogP contribution in [0.3, 0.4) is 0 Å². The topological polar surface area (TPSA) is 36.1 Å². The van der Waals surface area contributed by atoms with Gasteiger partial charge in [0.15, 0.2) is 0 Å². The van der Waals surface area contributed by atoms with Crippen LogP contribution < -0.4 is 0 Å². The van der Waals surface area contributed by atoms with Crippen LogP contribution in [0.4, 0.5) is 0 Å². The zero-order chi connectivity index (χ0) is 37.9. The highest BCUT2D eigenvalue weighted by Gasteiger charge is 2.19. The van der Waals surface area contributed by atoms with Crippen molar-refractivity contribution in [3.8, 4) is 33.6 Å². The Morgan fingerprint density at radius 2 is 0.638 bits per heavy atom. The second-order valence-corrected chi connectivity index (χ2v) is 15.3. The largest absolute Gasteiger partial charge is 0.456 e. The number of hydrogen-bond donors (Lipinski definition) is 0. The zero-order valence-corrected chi connectivity index (χ0v) is 31.2. The maximum Gasteiger partial charge on any atom is 0.135 e. The van der Waals surface area contributed by atoms with E-state index in [0.717, 1.165) is 60.8 Å². The van der Waals surface area contributed by atoms with E-state index in [-0.39, 0.29) is 0 Å². The van der Waals surface area contributed by atoms with Crippen LogP contribution in [0.1, 0.15) is 0 Å². The van der Waals surface area contributed by atoms with Crippen LogP contribution in [0.25, 0.3) is 121 Å². The van der Waals surface area contributed by atoms with Crippen molar-refractivity contribution in [2.24, 2.45) is 0 Å². The smallest absolute Gasteiger partial charge is 0.135 e. The van der Waals surface area contributed by atoms with Crippen molar-refractivity contribution in [3.05, 3.63) is 194 Å². The van der Waals surface area contributed by atoms with E-state index in [9.17, 15) is 0 Å². The maximum absolute atomic E-state index is 6.23. The second kappa shape index (κ2) is 11.8. The lowest BCUT2D eigenvalue weighted by Crippen LogP contribution is -1.94. The predicted octanol–water partition coefficient (Wildman–Crippen LogP) is 15.0. The molecule has 0 aliphatic heterocycles. The molecule has 0 amide bonds. The van der Waals surface area contributed by atoms with Gasteiger partial charge in [-0.15, -0.1) is 0 Å². The Hall–Kier alpha value is -7.82. The summed E-state index contributed by atoms with van der Waals surface area (Å²) in [6, 6.07) is 69.8.